The Morgan fingerprint density at radius 2 is 1.74 bits per heavy atom. The van der Waals surface area contributed by atoms with Gasteiger partial charge in [0, 0.05) is 25.0 Å². The first-order valence-electron chi connectivity index (χ1n) is 10.8. The highest BCUT2D eigenvalue weighted by atomic mass is 19.4. The number of rotatable bonds is 6. The molecule has 0 bridgehead atoms. The van der Waals surface area contributed by atoms with Crippen LogP contribution in [0.25, 0.3) is 0 Å². The molecule has 174 valence electrons. The first-order chi connectivity index (χ1) is 14.5. The Kier molecular flexibility index (Phi) is 8.91. The van der Waals surface area contributed by atoms with E-state index in [1.54, 1.807) is 0 Å². The van der Waals surface area contributed by atoms with Crippen molar-refractivity contribution in [1.82, 2.24) is 9.80 Å². The molecule has 1 aliphatic carbocycles. The Bertz CT molecular complexity index is 698. The maximum absolute atomic E-state index is 13.0. The van der Waals surface area contributed by atoms with E-state index in [9.17, 15) is 22.8 Å². The van der Waals surface area contributed by atoms with Gasteiger partial charge in [-0.05, 0) is 58.7 Å². The monoisotopic (exact) mass is 442 g/mol. The van der Waals surface area contributed by atoms with E-state index >= 15 is 0 Å². The van der Waals surface area contributed by atoms with Crippen molar-refractivity contribution in [2.24, 2.45) is 0 Å². The molecule has 2 aliphatic rings. The maximum atomic E-state index is 13.0. The highest BCUT2D eigenvalue weighted by Crippen LogP contribution is 2.45. The number of alkyl halides is 3. The molecule has 2 fully saturated rings. The number of carbonyl (C=O) groups excluding carboxylic acids is 2. The number of nitrogens with zero attached hydrogens (tertiary/aromatic N) is 2. The van der Waals surface area contributed by atoms with E-state index in [0.717, 1.165) is 36.4 Å². The fourth-order valence-electron chi connectivity index (χ4n) is 3.74. The molecule has 1 saturated carbocycles. The van der Waals surface area contributed by atoms with Crippen molar-refractivity contribution in [2.45, 2.75) is 70.2 Å². The van der Waals surface area contributed by atoms with E-state index in [1.807, 2.05) is 51.1 Å². The molecule has 5 nitrogen and oxygen atoms in total. The second kappa shape index (κ2) is 11.0. The maximum Gasteiger partial charge on any atom is 0.471 e. The highest BCUT2D eigenvalue weighted by molar-refractivity contribution is 5.82. The van der Waals surface area contributed by atoms with Gasteiger partial charge in [0.05, 0.1) is 0 Å². The summed E-state index contributed by atoms with van der Waals surface area (Å²) in [6.45, 7) is 8.44. The number of hydrogen-bond donors (Lipinski definition) is 0. The normalized spacial score (nSPS) is 21.5. The van der Waals surface area contributed by atoms with Gasteiger partial charge in [-0.3, -0.25) is 9.59 Å². The summed E-state index contributed by atoms with van der Waals surface area (Å²) in [5.41, 5.74) is 0.697. The highest BCUT2D eigenvalue weighted by Gasteiger charge is 2.51. The smallest absolute Gasteiger partial charge is 0.462 e. The third-order valence-electron chi connectivity index (χ3n) is 5.40. The summed E-state index contributed by atoms with van der Waals surface area (Å²) in [6, 6.07) is 9.17. The number of hydrogen-bond acceptors (Lipinski definition) is 4. The number of carbonyl (C=O) groups is 2. The molecule has 0 radical (unpaired) electrons. The van der Waals surface area contributed by atoms with E-state index < -0.39 is 12.1 Å². The van der Waals surface area contributed by atoms with Crippen molar-refractivity contribution < 1.29 is 27.5 Å². The zero-order chi connectivity index (χ0) is 23.1. The minimum Gasteiger partial charge on any atom is -0.462 e. The fraction of sp³-hybridized carbons (Fsp3) is 0.652. The SMILES string of the molecule is CC(C)(C)OC=O.O=C(N(CCN1CCCCC1)[C@@H]1C[C@H]1c1ccccc1)C(F)(F)F. The minimum atomic E-state index is -4.80. The van der Waals surface area contributed by atoms with Crippen LogP contribution >= 0.6 is 0 Å². The van der Waals surface area contributed by atoms with E-state index in [0.29, 0.717) is 19.4 Å². The third kappa shape index (κ3) is 8.51. The van der Waals surface area contributed by atoms with Crippen molar-refractivity contribution in [2.75, 3.05) is 26.2 Å². The van der Waals surface area contributed by atoms with Gasteiger partial charge in [0.25, 0.3) is 6.47 Å². The quantitative estimate of drug-likeness (QED) is 0.614. The lowest BCUT2D eigenvalue weighted by molar-refractivity contribution is -0.186. The lowest BCUT2D eigenvalue weighted by Gasteiger charge is -2.30. The Balaban J connectivity index is 0.000000423. The molecule has 1 aromatic rings. The summed E-state index contributed by atoms with van der Waals surface area (Å²) >= 11 is 0. The number of halogens is 3. The fourth-order valence-corrected chi connectivity index (χ4v) is 3.74. The molecule has 1 heterocycles. The van der Waals surface area contributed by atoms with Crippen LogP contribution in [0.3, 0.4) is 0 Å². The zero-order valence-electron chi connectivity index (χ0n) is 18.5. The van der Waals surface area contributed by atoms with E-state index in [-0.39, 0.29) is 24.1 Å². The van der Waals surface area contributed by atoms with Crippen molar-refractivity contribution in [3.8, 4) is 0 Å². The molecular weight excluding hydrogens is 409 g/mol. The number of likely N-dealkylation sites (tertiary alicyclic amines) is 1. The van der Waals surface area contributed by atoms with Gasteiger partial charge in [0.2, 0.25) is 0 Å². The molecule has 3 rings (SSSR count). The summed E-state index contributed by atoms with van der Waals surface area (Å²) in [5.74, 6) is -1.67. The van der Waals surface area contributed by atoms with Crippen LogP contribution < -0.4 is 0 Å². The van der Waals surface area contributed by atoms with Gasteiger partial charge in [-0.25, -0.2) is 0 Å². The van der Waals surface area contributed by atoms with Crippen molar-refractivity contribution in [3.05, 3.63) is 35.9 Å². The standard InChI is InChI=1S/C18H23F3N2O.C5H10O2/c19-18(20,21)17(24)23(12-11-22-9-5-2-6-10-22)16-13-15(16)14-7-3-1-4-8-14;1-5(2,3)7-4-6/h1,3-4,7-8,15-16H,2,5-6,9-13H2;4H,1-3H3/t15-,16+;/m0./s1. The average Bonchev–Trinajstić information content (AvgIpc) is 3.49. The first kappa shape index (κ1) is 25.2. The number of amides is 1. The third-order valence-corrected chi connectivity index (χ3v) is 5.40. The second-order valence-corrected chi connectivity index (χ2v) is 9.05. The summed E-state index contributed by atoms with van der Waals surface area (Å²) in [7, 11) is 0. The topological polar surface area (TPSA) is 49.9 Å². The van der Waals surface area contributed by atoms with Gasteiger partial charge in [-0.15, -0.1) is 0 Å². The molecule has 0 N–H and O–H groups in total. The predicted octanol–water partition coefficient (Wildman–Crippen LogP) is 4.38. The van der Waals surface area contributed by atoms with Crippen LogP contribution in [-0.2, 0) is 14.3 Å². The molecule has 1 aromatic carbocycles. The summed E-state index contributed by atoms with van der Waals surface area (Å²) < 4.78 is 43.5. The zero-order valence-corrected chi connectivity index (χ0v) is 18.5. The molecule has 31 heavy (non-hydrogen) atoms. The molecule has 1 saturated heterocycles. The molecule has 0 unspecified atom stereocenters. The number of ether oxygens (including phenoxy) is 1. The van der Waals surface area contributed by atoms with Gasteiger partial charge >= 0.3 is 12.1 Å². The minimum absolute atomic E-state index is 0.0267. The Morgan fingerprint density at radius 3 is 2.23 bits per heavy atom. The summed E-state index contributed by atoms with van der Waals surface area (Å²) in [4.78, 5) is 24.7. The van der Waals surface area contributed by atoms with E-state index in [1.165, 1.54) is 6.42 Å². The van der Waals surface area contributed by atoms with Gasteiger partial charge in [0.1, 0.15) is 5.60 Å². The van der Waals surface area contributed by atoms with Crippen LogP contribution in [0.1, 0.15) is 57.9 Å². The summed E-state index contributed by atoms with van der Waals surface area (Å²) in [5, 5.41) is 0. The van der Waals surface area contributed by atoms with Crippen molar-refractivity contribution >= 4 is 12.4 Å². The van der Waals surface area contributed by atoms with Gasteiger partial charge in [-0.1, -0.05) is 36.8 Å². The number of benzene rings is 1. The molecule has 0 aromatic heterocycles. The van der Waals surface area contributed by atoms with Gasteiger partial charge in [-0.2, -0.15) is 13.2 Å². The van der Waals surface area contributed by atoms with Crippen LogP contribution in [0.4, 0.5) is 13.2 Å². The Labute approximate surface area is 182 Å². The van der Waals surface area contributed by atoms with Crippen LogP contribution in [-0.4, -0.2) is 66.2 Å². The molecule has 0 spiro atoms. The Morgan fingerprint density at radius 1 is 1.13 bits per heavy atom. The Hall–Kier alpha value is -2.09. The van der Waals surface area contributed by atoms with E-state index in [4.69, 9.17) is 0 Å². The predicted molar refractivity (Wildman–Crippen MR) is 113 cm³/mol. The molecule has 2 atom stereocenters. The molecular formula is C23H33F3N2O3. The average molecular weight is 443 g/mol. The van der Waals surface area contributed by atoms with Gasteiger partial charge in [0.15, 0.2) is 0 Å². The first-order valence-corrected chi connectivity index (χ1v) is 10.8. The van der Waals surface area contributed by atoms with Crippen LogP contribution in [0.5, 0.6) is 0 Å². The van der Waals surface area contributed by atoms with Gasteiger partial charge < -0.3 is 14.5 Å². The largest absolute Gasteiger partial charge is 0.471 e. The van der Waals surface area contributed by atoms with Crippen molar-refractivity contribution in [1.29, 1.82) is 0 Å². The second-order valence-electron chi connectivity index (χ2n) is 9.05. The van der Waals surface area contributed by atoms with Crippen molar-refractivity contribution in [3.63, 3.8) is 0 Å². The molecule has 8 heteroatoms. The lowest BCUT2D eigenvalue weighted by Crippen LogP contribution is -2.47. The van der Waals surface area contributed by atoms with Crippen LogP contribution in [0.15, 0.2) is 30.3 Å². The van der Waals surface area contributed by atoms with E-state index in [2.05, 4.69) is 9.64 Å². The number of piperidine rings is 1. The van der Waals surface area contributed by atoms with Crippen LogP contribution in [0, 0.1) is 0 Å². The van der Waals surface area contributed by atoms with Crippen LogP contribution in [0.2, 0.25) is 0 Å². The summed E-state index contributed by atoms with van der Waals surface area (Å²) in [6.07, 6.45) is -0.829. The molecule has 1 aliphatic heterocycles. The molecule has 1 amide bonds. The lowest BCUT2D eigenvalue weighted by atomic mass is 10.1.